The number of nitrogens with one attached hydrogen (secondary N) is 1. The summed E-state index contributed by atoms with van der Waals surface area (Å²) in [5, 5.41) is 8.03. The first kappa shape index (κ1) is 11.4. The maximum Gasteiger partial charge on any atom is 0.122 e. The van der Waals surface area contributed by atoms with Gasteiger partial charge in [-0.25, -0.2) is 0 Å². The van der Waals surface area contributed by atoms with Crippen molar-refractivity contribution in [3.05, 3.63) is 34.3 Å². The molecule has 0 saturated heterocycles. The minimum absolute atomic E-state index is 0.0593. The Kier molecular flexibility index (Phi) is 3.17. The van der Waals surface area contributed by atoms with Crippen LogP contribution >= 0.6 is 11.6 Å². The first-order valence-corrected chi connectivity index (χ1v) is 5.79. The highest BCUT2D eigenvalue weighted by atomic mass is 35.5. The normalized spacial score (nSPS) is 15.4. The Labute approximate surface area is 101 Å². The molecule has 0 amide bonds. The molecule has 16 heavy (non-hydrogen) atoms. The molecule has 3 N–H and O–H groups in total. The summed E-state index contributed by atoms with van der Waals surface area (Å²) in [7, 11) is 2.12. The Morgan fingerprint density at radius 2 is 2.25 bits per heavy atom. The summed E-state index contributed by atoms with van der Waals surface area (Å²) >= 11 is 6.16. The Bertz CT molecular complexity index is 413. The van der Waals surface area contributed by atoms with Crippen LogP contribution in [0.25, 0.3) is 0 Å². The molecule has 4 heteroatoms. The van der Waals surface area contributed by atoms with Gasteiger partial charge in [-0.2, -0.15) is 0 Å². The quantitative estimate of drug-likeness (QED) is 0.623. The van der Waals surface area contributed by atoms with E-state index in [2.05, 4.69) is 11.9 Å². The molecule has 0 atom stereocenters. The van der Waals surface area contributed by atoms with E-state index in [9.17, 15) is 0 Å². The van der Waals surface area contributed by atoms with E-state index >= 15 is 0 Å². The van der Waals surface area contributed by atoms with Crippen LogP contribution in [0, 0.1) is 5.41 Å². The van der Waals surface area contributed by atoms with Gasteiger partial charge >= 0.3 is 0 Å². The lowest BCUT2D eigenvalue weighted by atomic mass is 10.1. The van der Waals surface area contributed by atoms with Crippen molar-refractivity contribution in [2.45, 2.75) is 25.4 Å². The average molecular weight is 238 g/mol. The standard InChI is InChI=1S/C12H16ClN3/c1-16(10-4-5-10)7-9-3-2-8(12(14)15)6-11(9)13/h2-3,6,10H,4-5,7H2,1H3,(H3,14,15). The predicted molar refractivity (Wildman–Crippen MR) is 67.0 cm³/mol. The molecule has 3 nitrogen and oxygen atoms in total. The van der Waals surface area contributed by atoms with Gasteiger partial charge in [-0.1, -0.05) is 23.7 Å². The third-order valence-corrected chi connectivity index (χ3v) is 3.31. The van der Waals surface area contributed by atoms with Gasteiger partial charge in [0.2, 0.25) is 0 Å². The van der Waals surface area contributed by atoms with E-state index in [4.69, 9.17) is 22.7 Å². The van der Waals surface area contributed by atoms with Crippen molar-refractivity contribution in [1.29, 1.82) is 5.41 Å². The largest absolute Gasteiger partial charge is 0.384 e. The second-order valence-corrected chi connectivity index (χ2v) is 4.77. The molecule has 0 aliphatic heterocycles. The zero-order valence-electron chi connectivity index (χ0n) is 9.33. The molecule has 1 aromatic carbocycles. The minimum Gasteiger partial charge on any atom is -0.384 e. The Morgan fingerprint density at radius 3 is 2.75 bits per heavy atom. The molecule has 0 unspecified atom stereocenters. The highest BCUT2D eigenvalue weighted by molar-refractivity contribution is 6.31. The van der Waals surface area contributed by atoms with E-state index in [1.165, 1.54) is 12.8 Å². The van der Waals surface area contributed by atoms with Crippen LogP contribution in [0.4, 0.5) is 0 Å². The topological polar surface area (TPSA) is 53.1 Å². The van der Waals surface area contributed by atoms with Gasteiger partial charge in [0.05, 0.1) is 0 Å². The first-order chi connectivity index (χ1) is 7.58. The van der Waals surface area contributed by atoms with Crippen LogP contribution < -0.4 is 5.73 Å². The third kappa shape index (κ3) is 2.54. The minimum atomic E-state index is 0.0593. The number of nitrogens with zero attached hydrogens (tertiary/aromatic N) is 1. The van der Waals surface area contributed by atoms with Crippen molar-refractivity contribution < 1.29 is 0 Å². The zero-order valence-corrected chi connectivity index (χ0v) is 10.1. The van der Waals surface area contributed by atoms with Gasteiger partial charge in [0.15, 0.2) is 0 Å². The van der Waals surface area contributed by atoms with Crippen molar-refractivity contribution in [3.8, 4) is 0 Å². The lowest BCUT2D eigenvalue weighted by molar-refractivity contribution is 0.316. The summed E-state index contributed by atoms with van der Waals surface area (Å²) in [5.41, 5.74) is 7.19. The molecule has 1 fully saturated rings. The molecular weight excluding hydrogens is 222 g/mol. The Balaban J connectivity index is 2.12. The summed E-state index contributed by atoms with van der Waals surface area (Å²) in [6.45, 7) is 0.863. The van der Waals surface area contributed by atoms with Crippen molar-refractivity contribution in [1.82, 2.24) is 4.90 Å². The van der Waals surface area contributed by atoms with Crippen molar-refractivity contribution in [2.75, 3.05) is 7.05 Å². The average Bonchev–Trinajstić information content (AvgIpc) is 3.03. The molecular formula is C12H16ClN3. The number of rotatable bonds is 4. The number of nitrogens with two attached hydrogens (primary N) is 1. The molecule has 0 spiro atoms. The zero-order chi connectivity index (χ0) is 11.7. The molecule has 0 radical (unpaired) electrons. The molecule has 1 saturated carbocycles. The van der Waals surface area contributed by atoms with E-state index in [1.807, 2.05) is 12.1 Å². The van der Waals surface area contributed by atoms with Crippen LogP contribution in [0.3, 0.4) is 0 Å². The summed E-state index contributed by atoms with van der Waals surface area (Å²) in [4.78, 5) is 2.31. The van der Waals surface area contributed by atoms with Gasteiger partial charge < -0.3 is 5.73 Å². The number of hydrogen-bond acceptors (Lipinski definition) is 2. The summed E-state index contributed by atoms with van der Waals surface area (Å²) in [6.07, 6.45) is 2.58. The van der Waals surface area contributed by atoms with Crippen LogP contribution in [0.1, 0.15) is 24.0 Å². The van der Waals surface area contributed by atoms with Crippen LogP contribution in [-0.2, 0) is 6.54 Å². The Morgan fingerprint density at radius 1 is 1.56 bits per heavy atom. The SMILES string of the molecule is CN(Cc1ccc(C(=N)N)cc1Cl)C1CC1. The van der Waals surface area contributed by atoms with E-state index in [-0.39, 0.29) is 5.84 Å². The van der Waals surface area contributed by atoms with Crippen LogP contribution in [0.2, 0.25) is 5.02 Å². The molecule has 0 heterocycles. The van der Waals surface area contributed by atoms with E-state index < -0.39 is 0 Å². The van der Waals surface area contributed by atoms with Gasteiger partial charge in [-0.15, -0.1) is 0 Å². The van der Waals surface area contributed by atoms with Crippen molar-refractivity contribution in [2.24, 2.45) is 5.73 Å². The van der Waals surface area contributed by atoms with Crippen LogP contribution in [-0.4, -0.2) is 23.8 Å². The third-order valence-electron chi connectivity index (χ3n) is 2.95. The van der Waals surface area contributed by atoms with E-state index in [0.29, 0.717) is 10.6 Å². The summed E-state index contributed by atoms with van der Waals surface area (Å²) in [5.74, 6) is 0.0593. The summed E-state index contributed by atoms with van der Waals surface area (Å²) < 4.78 is 0. The van der Waals surface area contributed by atoms with Crippen molar-refractivity contribution in [3.63, 3.8) is 0 Å². The Hall–Kier alpha value is -1.06. The molecule has 0 bridgehead atoms. The maximum absolute atomic E-state index is 7.33. The fourth-order valence-corrected chi connectivity index (χ4v) is 2.00. The summed E-state index contributed by atoms with van der Waals surface area (Å²) in [6, 6.07) is 6.30. The number of benzene rings is 1. The van der Waals surface area contributed by atoms with E-state index in [1.54, 1.807) is 6.07 Å². The molecule has 1 aliphatic carbocycles. The second kappa shape index (κ2) is 4.44. The molecule has 0 aromatic heterocycles. The number of amidine groups is 1. The predicted octanol–water partition coefficient (Wildman–Crippen LogP) is 2.22. The fraction of sp³-hybridized carbons (Fsp3) is 0.417. The van der Waals surface area contributed by atoms with Gasteiger partial charge in [0.1, 0.15) is 5.84 Å². The van der Waals surface area contributed by atoms with Gasteiger partial charge in [0, 0.05) is 23.2 Å². The van der Waals surface area contributed by atoms with Crippen LogP contribution in [0.15, 0.2) is 18.2 Å². The highest BCUT2D eigenvalue weighted by Gasteiger charge is 2.26. The number of hydrogen-bond donors (Lipinski definition) is 2. The maximum atomic E-state index is 7.33. The fourth-order valence-electron chi connectivity index (χ4n) is 1.76. The lowest BCUT2D eigenvalue weighted by Gasteiger charge is -2.16. The van der Waals surface area contributed by atoms with Gasteiger partial charge in [0.25, 0.3) is 0 Å². The smallest absolute Gasteiger partial charge is 0.122 e. The first-order valence-electron chi connectivity index (χ1n) is 5.41. The van der Waals surface area contributed by atoms with Crippen LogP contribution in [0.5, 0.6) is 0 Å². The van der Waals surface area contributed by atoms with Crippen molar-refractivity contribution >= 4 is 17.4 Å². The van der Waals surface area contributed by atoms with Gasteiger partial charge in [-0.3, -0.25) is 10.3 Å². The highest BCUT2D eigenvalue weighted by Crippen LogP contribution is 2.28. The van der Waals surface area contributed by atoms with E-state index in [0.717, 1.165) is 18.2 Å². The molecule has 2 rings (SSSR count). The second-order valence-electron chi connectivity index (χ2n) is 4.37. The monoisotopic (exact) mass is 237 g/mol. The number of nitrogen functional groups attached to an aromatic ring is 1. The number of halogens is 1. The molecule has 1 aromatic rings. The molecule has 1 aliphatic rings. The van der Waals surface area contributed by atoms with Gasteiger partial charge in [-0.05, 0) is 31.5 Å². The molecule has 86 valence electrons. The lowest BCUT2D eigenvalue weighted by Crippen LogP contribution is -2.20.